The SMILES string of the molecule is CCCCCn1c(-c2ccc(S(=O)(=O)N3CCC(C)CC3)cc2)csc1=Nc1ccccc1. The van der Waals surface area contributed by atoms with Gasteiger partial charge in [-0.05, 0) is 55.0 Å². The zero-order valence-corrected chi connectivity index (χ0v) is 21.1. The molecular weight excluding hydrogens is 450 g/mol. The number of aromatic nitrogens is 1. The molecule has 0 bridgehead atoms. The van der Waals surface area contributed by atoms with E-state index in [4.69, 9.17) is 4.99 Å². The maximum atomic E-state index is 13.1. The quantitative estimate of drug-likeness (QED) is 0.366. The third kappa shape index (κ3) is 5.65. The van der Waals surface area contributed by atoms with E-state index >= 15 is 0 Å². The summed E-state index contributed by atoms with van der Waals surface area (Å²) in [5.41, 5.74) is 3.04. The lowest BCUT2D eigenvalue weighted by Gasteiger charge is -2.29. The predicted molar refractivity (Wildman–Crippen MR) is 136 cm³/mol. The molecular formula is C26H33N3O2S2. The van der Waals surface area contributed by atoms with Crippen LogP contribution in [0, 0.1) is 5.92 Å². The molecule has 1 aliphatic rings. The van der Waals surface area contributed by atoms with Crippen molar-refractivity contribution < 1.29 is 8.42 Å². The van der Waals surface area contributed by atoms with E-state index in [1.807, 2.05) is 42.5 Å². The molecule has 0 unspecified atom stereocenters. The summed E-state index contributed by atoms with van der Waals surface area (Å²) < 4.78 is 30.1. The lowest BCUT2D eigenvalue weighted by molar-refractivity contribution is 0.288. The Balaban J connectivity index is 1.64. The Labute approximate surface area is 201 Å². The number of hydrogen-bond acceptors (Lipinski definition) is 4. The van der Waals surface area contributed by atoms with Crippen molar-refractivity contribution >= 4 is 27.0 Å². The molecule has 3 aromatic rings. The first-order valence-electron chi connectivity index (χ1n) is 11.9. The van der Waals surface area contributed by atoms with Crippen molar-refractivity contribution in [2.45, 2.75) is 57.4 Å². The van der Waals surface area contributed by atoms with Crippen LogP contribution in [0.1, 0.15) is 46.0 Å². The van der Waals surface area contributed by atoms with Crippen molar-refractivity contribution in [3.05, 3.63) is 64.8 Å². The number of thiazole rings is 1. The lowest BCUT2D eigenvalue weighted by Crippen LogP contribution is -2.37. The molecule has 1 aliphatic heterocycles. The molecule has 2 aromatic carbocycles. The van der Waals surface area contributed by atoms with Crippen LogP contribution in [0.15, 0.2) is 69.9 Å². The van der Waals surface area contributed by atoms with E-state index in [9.17, 15) is 8.42 Å². The van der Waals surface area contributed by atoms with Crippen molar-refractivity contribution in [2.24, 2.45) is 10.9 Å². The zero-order valence-electron chi connectivity index (χ0n) is 19.5. The first kappa shape index (κ1) is 23.9. The molecule has 0 atom stereocenters. The second kappa shape index (κ2) is 10.8. The Bertz CT molecular complexity index is 1200. The minimum atomic E-state index is -3.44. The highest BCUT2D eigenvalue weighted by molar-refractivity contribution is 7.89. The number of rotatable bonds is 8. The van der Waals surface area contributed by atoms with E-state index in [1.54, 1.807) is 27.8 Å². The van der Waals surface area contributed by atoms with E-state index in [-0.39, 0.29) is 0 Å². The van der Waals surface area contributed by atoms with Crippen molar-refractivity contribution in [3.8, 4) is 11.3 Å². The largest absolute Gasteiger partial charge is 0.316 e. The number of piperidine rings is 1. The van der Waals surface area contributed by atoms with Gasteiger partial charge in [-0.1, -0.05) is 57.0 Å². The van der Waals surface area contributed by atoms with E-state index in [0.29, 0.717) is 23.9 Å². The Kier molecular flexibility index (Phi) is 7.83. The van der Waals surface area contributed by atoms with E-state index < -0.39 is 10.0 Å². The van der Waals surface area contributed by atoms with Crippen LogP contribution < -0.4 is 4.80 Å². The number of sulfonamides is 1. The number of para-hydroxylation sites is 1. The van der Waals surface area contributed by atoms with Crippen molar-refractivity contribution in [2.75, 3.05) is 13.1 Å². The second-order valence-electron chi connectivity index (χ2n) is 8.82. The van der Waals surface area contributed by atoms with Crippen LogP contribution in [0.25, 0.3) is 11.3 Å². The van der Waals surface area contributed by atoms with Gasteiger partial charge in [-0.2, -0.15) is 4.31 Å². The van der Waals surface area contributed by atoms with Gasteiger partial charge in [0.1, 0.15) is 0 Å². The summed E-state index contributed by atoms with van der Waals surface area (Å²) in [6, 6.07) is 17.4. The van der Waals surface area contributed by atoms with Crippen LogP contribution in [-0.2, 0) is 16.6 Å². The van der Waals surface area contributed by atoms with E-state index in [2.05, 4.69) is 23.8 Å². The molecule has 7 heteroatoms. The fourth-order valence-electron chi connectivity index (χ4n) is 4.17. The van der Waals surface area contributed by atoms with Crippen molar-refractivity contribution in [1.82, 2.24) is 8.87 Å². The number of benzene rings is 2. The highest BCUT2D eigenvalue weighted by atomic mass is 32.2. The summed E-state index contributed by atoms with van der Waals surface area (Å²) in [4.78, 5) is 6.21. The highest BCUT2D eigenvalue weighted by Gasteiger charge is 2.28. The van der Waals surface area contributed by atoms with Crippen LogP contribution in [0.3, 0.4) is 0 Å². The van der Waals surface area contributed by atoms with Crippen LogP contribution in [-0.4, -0.2) is 30.4 Å². The topological polar surface area (TPSA) is 54.7 Å². The molecule has 4 rings (SSSR count). The average molecular weight is 484 g/mol. The summed E-state index contributed by atoms with van der Waals surface area (Å²) >= 11 is 1.63. The summed E-state index contributed by atoms with van der Waals surface area (Å²) in [6.45, 7) is 6.50. The molecule has 0 saturated carbocycles. The maximum absolute atomic E-state index is 13.1. The zero-order chi connectivity index (χ0) is 23.3. The first-order valence-corrected chi connectivity index (χ1v) is 14.2. The fourth-order valence-corrected chi connectivity index (χ4v) is 6.60. The monoisotopic (exact) mass is 483 g/mol. The minimum Gasteiger partial charge on any atom is -0.316 e. The predicted octanol–water partition coefficient (Wildman–Crippen LogP) is 6.06. The molecule has 0 amide bonds. The summed E-state index contributed by atoms with van der Waals surface area (Å²) in [7, 11) is -3.44. The lowest BCUT2D eigenvalue weighted by atomic mass is 10.0. The Hall–Kier alpha value is -2.22. The molecule has 5 nitrogen and oxygen atoms in total. The van der Waals surface area contributed by atoms with E-state index in [1.165, 1.54) is 6.42 Å². The summed E-state index contributed by atoms with van der Waals surface area (Å²) in [6.07, 6.45) is 5.27. The van der Waals surface area contributed by atoms with Crippen LogP contribution in [0.5, 0.6) is 0 Å². The molecule has 33 heavy (non-hydrogen) atoms. The minimum absolute atomic E-state index is 0.378. The van der Waals surface area contributed by atoms with Gasteiger partial charge in [0.2, 0.25) is 10.0 Å². The normalized spacial score (nSPS) is 16.4. The van der Waals surface area contributed by atoms with Gasteiger partial charge >= 0.3 is 0 Å². The molecule has 0 N–H and O–H groups in total. The van der Waals surface area contributed by atoms with Gasteiger partial charge in [-0.3, -0.25) is 0 Å². The van der Waals surface area contributed by atoms with E-state index in [0.717, 1.165) is 54.0 Å². The van der Waals surface area contributed by atoms with Gasteiger partial charge in [-0.25, -0.2) is 13.4 Å². The standard InChI is InChI=1S/C26H33N3O2S2/c1-3-4-8-17-29-25(20-32-26(29)27-23-9-6-5-7-10-23)22-11-13-24(14-12-22)33(30,31)28-18-15-21(2)16-19-28/h5-7,9-14,20-21H,3-4,8,15-19H2,1-2H3. The van der Waals surface area contributed by atoms with Crippen LogP contribution in [0.4, 0.5) is 5.69 Å². The van der Waals surface area contributed by atoms with Crippen LogP contribution in [0.2, 0.25) is 0 Å². The van der Waals surface area contributed by atoms with Gasteiger partial charge in [0.25, 0.3) is 0 Å². The first-order chi connectivity index (χ1) is 16.0. The summed E-state index contributed by atoms with van der Waals surface area (Å²) in [5, 5.41) is 2.13. The highest BCUT2D eigenvalue weighted by Crippen LogP contribution is 2.27. The number of nitrogens with zero attached hydrogens (tertiary/aromatic N) is 3. The maximum Gasteiger partial charge on any atom is 0.243 e. The van der Waals surface area contributed by atoms with Crippen molar-refractivity contribution in [1.29, 1.82) is 0 Å². The average Bonchev–Trinajstić information content (AvgIpc) is 3.22. The Morgan fingerprint density at radius 1 is 1.00 bits per heavy atom. The van der Waals surface area contributed by atoms with Gasteiger partial charge in [0.15, 0.2) is 4.80 Å². The second-order valence-corrected chi connectivity index (χ2v) is 11.6. The van der Waals surface area contributed by atoms with Crippen LogP contribution >= 0.6 is 11.3 Å². The Morgan fingerprint density at radius 2 is 1.70 bits per heavy atom. The van der Waals surface area contributed by atoms with Gasteiger partial charge in [0.05, 0.1) is 16.3 Å². The van der Waals surface area contributed by atoms with Crippen molar-refractivity contribution in [3.63, 3.8) is 0 Å². The molecule has 1 saturated heterocycles. The molecule has 0 radical (unpaired) electrons. The molecule has 2 heterocycles. The third-order valence-electron chi connectivity index (χ3n) is 6.29. The number of hydrogen-bond donors (Lipinski definition) is 0. The van der Waals surface area contributed by atoms with Gasteiger partial charge in [0, 0.05) is 25.0 Å². The summed E-state index contributed by atoms with van der Waals surface area (Å²) in [5.74, 6) is 0.594. The Morgan fingerprint density at radius 3 is 2.36 bits per heavy atom. The fraction of sp³-hybridized carbons (Fsp3) is 0.423. The van der Waals surface area contributed by atoms with Gasteiger partial charge in [-0.15, -0.1) is 11.3 Å². The third-order valence-corrected chi connectivity index (χ3v) is 9.07. The number of unbranched alkanes of at least 4 members (excludes halogenated alkanes) is 2. The molecule has 0 spiro atoms. The molecule has 0 aliphatic carbocycles. The molecule has 176 valence electrons. The smallest absolute Gasteiger partial charge is 0.243 e. The van der Waals surface area contributed by atoms with Gasteiger partial charge < -0.3 is 4.57 Å². The molecule has 1 aromatic heterocycles. The molecule has 1 fully saturated rings.